The van der Waals surface area contributed by atoms with Crippen LogP contribution in [0, 0.1) is 5.92 Å². The Labute approximate surface area is 140 Å². The van der Waals surface area contributed by atoms with E-state index in [1.54, 1.807) is 11.3 Å². The van der Waals surface area contributed by atoms with Crippen molar-refractivity contribution in [3.05, 3.63) is 21.9 Å². The van der Waals surface area contributed by atoms with E-state index in [1.807, 2.05) is 9.80 Å². The minimum absolute atomic E-state index is 0.139. The number of likely N-dealkylation sites (tertiary alicyclic amines) is 1. The van der Waals surface area contributed by atoms with Gasteiger partial charge in [0, 0.05) is 18.0 Å². The molecule has 0 bridgehead atoms. The lowest BCUT2D eigenvalue weighted by atomic mass is 9.96. The third kappa shape index (κ3) is 3.43. The smallest absolute Gasteiger partial charge is 0.307 e. The van der Waals surface area contributed by atoms with Crippen LogP contribution in [0.4, 0.5) is 0 Å². The summed E-state index contributed by atoms with van der Waals surface area (Å²) in [6, 6.07) is 2.33. The highest BCUT2D eigenvalue weighted by Crippen LogP contribution is 2.35. The third-order valence-corrected chi connectivity index (χ3v) is 6.01. The van der Waals surface area contributed by atoms with Crippen LogP contribution in [0.3, 0.4) is 0 Å². The molecule has 0 radical (unpaired) electrons. The Hall–Kier alpha value is -1.40. The molecule has 2 unspecified atom stereocenters. The van der Waals surface area contributed by atoms with Gasteiger partial charge in [-0.2, -0.15) is 0 Å². The number of carbonyl (C=O) groups excluding carboxylic acids is 1. The van der Waals surface area contributed by atoms with E-state index < -0.39 is 5.97 Å². The summed E-state index contributed by atoms with van der Waals surface area (Å²) in [4.78, 5) is 29.4. The fourth-order valence-electron chi connectivity index (χ4n) is 3.82. The van der Waals surface area contributed by atoms with Crippen LogP contribution in [0.5, 0.6) is 0 Å². The summed E-state index contributed by atoms with van der Waals surface area (Å²) < 4.78 is 0. The van der Waals surface area contributed by atoms with E-state index in [4.69, 9.17) is 0 Å². The first-order valence-electron chi connectivity index (χ1n) is 8.41. The molecular weight excluding hydrogens is 312 g/mol. The normalized spacial score (nSPS) is 25.2. The van der Waals surface area contributed by atoms with Gasteiger partial charge in [-0.1, -0.05) is 6.92 Å². The summed E-state index contributed by atoms with van der Waals surface area (Å²) in [5.74, 6) is -0.933. The maximum atomic E-state index is 12.8. The van der Waals surface area contributed by atoms with Crippen molar-refractivity contribution in [1.29, 1.82) is 0 Å². The molecule has 1 N–H and O–H groups in total. The van der Waals surface area contributed by atoms with Crippen LogP contribution < -0.4 is 0 Å². The Kier molecular flexibility index (Phi) is 5.02. The zero-order valence-electron chi connectivity index (χ0n) is 13.5. The molecule has 3 rings (SSSR count). The second-order valence-corrected chi connectivity index (χ2v) is 7.47. The van der Waals surface area contributed by atoms with Crippen LogP contribution in [0.1, 0.15) is 42.7 Å². The van der Waals surface area contributed by atoms with Gasteiger partial charge in [0.05, 0.1) is 18.5 Å². The number of aliphatic carboxylic acids is 1. The zero-order chi connectivity index (χ0) is 16.4. The lowest BCUT2D eigenvalue weighted by molar-refractivity contribution is -0.145. The first-order chi connectivity index (χ1) is 11.1. The van der Waals surface area contributed by atoms with Crippen LogP contribution in [0.15, 0.2) is 11.4 Å². The van der Waals surface area contributed by atoms with Gasteiger partial charge in [0.1, 0.15) is 0 Å². The van der Waals surface area contributed by atoms with Crippen LogP contribution in [-0.2, 0) is 16.0 Å². The number of thiophene rings is 1. The van der Waals surface area contributed by atoms with Crippen LogP contribution >= 0.6 is 11.3 Å². The van der Waals surface area contributed by atoms with E-state index in [0.717, 1.165) is 38.8 Å². The highest BCUT2D eigenvalue weighted by atomic mass is 32.1. The quantitative estimate of drug-likeness (QED) is 0.917. The third-order valence-electron chi connectivity index (χ3n) is 5.02. The van der Waals surface area contributed by atoms with Crippen molar-refractivity contribution < 1.29 is 14.7 Å². The average Bonchev–Trinajstić information content (AvgIpc) is 3.02. The van der Waals surface area contributed by atoms with Gasteiger partial charge in [0.25, 0.3) is 0 Å². The van der Waals surface area contributed by atoms with Crippen molar-refractivity contribution in [2.24, 2.45) is 5.92 Å². The SMILES string of the molecule is CCC1c2ccsc2CCN1C(=O)CN1CCCC(C(=O)O)C1. The Morgan fingerprint density at radius 2 is 2.22 bits per heavy atom. The van der Waals surface area contributed by atoms with Gasteiger partial charge in [-0.25, -0.2) is 0 Å². The van der Waals surface area contributed by atoms with Crippen molar-refractivity contribution in [3.8, 4) is 0 Å². The standard InChI is InChI=1S/C17H24N2O3S/c1-2-14-13-6-9-23-15(13)5-8-19(14)16(20)11-18-7-3-4-12(10-18)17(21)22/h6,9,12,14H,2-5,7-8,10-11H2,1H3,(H,21,22). The molecule has 23 heavy (non-hydrogen) atoms. The molecule has 6 heteroatoms. The number of nitrogens with zero attached hydrogens (tertiary/aromatic N) is 2. The van der Waals surface area contributed by atoms with Crippen molar-refractivity contribution in [1.82, 2.24) is 9.80 Å². The molecule has 0 aliphatic carbocycles. The fourth-order valence-corrected chi connectivity index (χ4v) is 4.75. The number of fused-ring (bicyclic) bond motifs is 1. The predicted molar refractivity (Wildman–Crippen MR) is 89.6 cm³/mol. The number of carboxylic acids is 1. The van der Waals surface area contributed by atoms with Gasteiger partial charge in [0.15, 0.2) is 0 Å². The Morgan fingerprint density at radius 1 is 1.39 bits per heavy atom. The van der Waals surface area contributed by atoms with E-state index in [9.17, 15) is 14.7 Å². The predicted octanol–water partition coefficient (Wildman–Crippen LogP) is 2.38. The first-order valence-corrected chi connectivity index (χ1v) is 9.29. The number of amides is 1. The maximum absolute atomic E-state index is 12.8. The molecule has 126 valence electrons. The minimum Gasteiger partial charge on any atom is -0.481 e. The highest BCUT2D eigenvalue weighted by Gasteiger charge is 2.32. The van der Waals surface area contributed by atoms with Crippen molar-refractivity contribution >= 4 is 23.2 Å². The number of hydrogen-bond acceptors (Lipinski definition) is 4. The fraction of sp³-hybridized carbons (Fsp3) is 0.647. The number of hydrogen-bond donors (Lipinski definition) is 1. The molecule has 1 saturated heterocycles. The Bertz CT molecular complexity index is 586. The number of rotatable bonds is 4. The lowest BCUT2D eigenvalue weighted by Gasteiger charge is -2.38. The van der Waals surface area contributed by atoms with Crippen molar-refractivity contribution in [2.45, 2.75) is 38.6 Å². The topological polar surface area (TPSA) is 60.9 Å². The van der Waals surface area contributed by atoms with E-state index in [0.29, 0.717) is 13.1 Å². The molecule has 0 aromatic carbocycles. The van der Waals surface area contributed by atoms with Gasteiger partial charge in [-0.15, -0.1) is 11.3 Å². The highest BCUT2D eigenvalue weighted by molar-refractivity contribution is 7.10. The molecule has 5 nitrogen and oxygen atoms in total. The van der Waals surface area contributed by atoms with Crippen LogP contribution in [-0.4, -0.2) is 53.0 Å². The zero-order valence-corrected chi connectivity index (χ0v) is 14.3. The van der Waals surface area contributed by atoms with Gasteiger partial charge in [-0.3, -0.25) is 14.5 Å². The second kappa shape index (κ2) is 7.01. The summed E-state index contributed by atoms with van der Waals surface area (Å²) in [5.41, 5.74) is 1.30. The molecule has 0 saturated carbocycles. The summed E-state index contributed by atoms with van der Waals surface area (Å²) >= 11 is 1.78. The Morgan fingerprint density at radius 3 is 2.96 bits per heavy atom. The molecule has 3 heterocycles. The van der Waals surface area contributed by atoms with E-state index in [2.05, 4.69) is 18.4 Å². The number of carboxylic acid groups (broad SMARTS) is 1. The molecule has 0 spiro atoms. The average molecular weight is 336 g/mol. The number of carbonyl (C=O) groups is 2. The van der Waals surface area contributed by atoms with Crippen LogP contribution in [0.2, 0.25) is 0 Å². The number of piperidine rings is 1. The van der Waals surface area contributed by atoms with E-state index in [-0.39, 0.29) is 17.9 Å². The minimum atomic E-state index is -0.741. The van der Waals surface area contributed by atoms with E-state index >= 15 is 0 Å². The second-order valence-electron chi connectivity index (χ2n) is 6.47. The first kappa shape index (κ1) is 16.5. The molecule has 1 fully saturated rings. The molecule has 1 amide bonds. The molecule has 1 aromatic heterocycles. The summed E-state index contributed by atoms with van der Waals surface area (Å²) in [7, 11) is 0. The molecule has 2 atom stereocenters. The van der Waals surface area contributed by atoms with Gasteiger partial charge in [0.2, 0.25) is 5.91 Å². The van der Waals surface area contributed by atoms with Gasteiger partial charge >= 0.3 is 5.97 Å². The molecular formula is C17H24N2O3S. The van der Waals surface area contributed by atoms with Crippen molar-refractivity contribution in [2.75, 3.05) is 26.2 Å². The summed E-state index contributed by atoms with van der Waals surface area (Å²) in [6.45, 7) is 4.57. The van der Waals surface area contributed by atoms with Crippen LogP contribution in [0.25, 0.3) is 0 Å². The monoisotopic (exact) mass is 336 g/mol. The maximum Gasteiger partial charge on any atom is 0.307 e. The largest absolute Gasteiger partial charge is 0.481 e. The van der Waals surface area contributed by atoms with Crippen molar-refractivity contribution in [3.63, 3.8) is 0 Å². The lowest BCUT2D eigenvalue weighted by Crippen LogP contribution is -2.47. The molecule has 2 aliphatic heterocycles. The summed E-state index contributed by atoms with van der Waals surface area (Å²) in [6.07, 6.45) is 3.44. The molecule has 2 aliphatic rings. The van der Waals surface area contributed by atoms with Gasteiger partial charge in [-0.05, 0) is 49.2 Å². The summed E-state index contributed by atoms with van der Waals surface area (Å²) in [5, 5.41) is 11.3. The van der Waals surface area contributed by atoms with Gasteiger partial charge < -0.3 is 10.0 Å². The molecule has 1 aromatic rings. The van der Waals surface area contributed by atoms with E-state index in [1.165, 1.54) is 10.4 Å². The Balaban J connectivity index is 1.65.